The van der Waals surface area contributed by atoms with E-state index in [-0.39, 0.29) is 0 Å². The van der Waals surface area contributed by atoms with Gasteiger partial charge in [-0.05, 0) is 24.3 Å². The minimum absolute atomic E-state index is 0.424. The van der Waals surface area contributed by atoms with E-state index in [1.165, 1.54) is 0 Å². The van der Waals surface area contributed by atoms with E-state index < -0.39 is 5.91 Å². The third kappa shape index (κ3) is 1.64. The molecule has 0 aliphatic carbocycles. The number of amides is 1. The van der Waals surface area contributed by atoms with Gasteiger partial charge >= 0.3 is 0 Å². The fraction of sp³-hybridized carbons (Fsp3) is 0. The number of rotatable bonds is 2. The summed E-state index contributed by atoms with van der Waals surface area (Å²) in [7, 11) is 0. The summed E-state index contributed by atoms with van der Waals surface area (Å²) in [6, 6.07) is 9.25. The number of carbonyl (C=O) groups is 1. The first-order valence-corrected chi connectivity index (χ1v) is 5.56. The lowest BCUT2D eigenvalue weighted by molar-refractivity contribution is 0.100. The lowest BCUT2D eigenvalue weighted by Gasteiger charge is -2.08. The van der Waals surface area contributed by atoms with Gasteiger partial charge in [-0.25, -0.2) is 0 Å². The highest BCUT2D eigenvalue weighted by atomic mass is 16.1. The molecule has 0 radical (unpaired) electrons. The Morgan fingerprint density at radius 2 is 1.94 bits per heavy atom. The van der Waals surface area contributed by atoms with Crippen LogP contribution in [0.3, 0.4) is 0 Å². The van der Waals surface area contributed by atoms with Crippen molar-refractivity contribution in [2.45, 2.75) is 0 Å². The van der Waals surface area contributed by atoms with Gasteiger partial charge in [-0.3, -0.25) is 9.78 Å². The normalized spacial score (nSPS) is 10.7. The molecule has 0 spiro atoms. The molecule has 1 amide bonds. The van der Waals surface area contributed by atoms with Crippen molar-refractivity contribution in [1.29, 1.82) is 0 Å². The van der Waals surface area contributed by atoms with Gasteiger partial charge in [0.2, 0.25) is 5.91 Å². The summed E-state index contributed by atoms with van der Waals surface area (Å²) < 4.78 is 1.96. The minimum Gasteiger partial charge on any atom is -0.366 e. The summed E-state index contributed by atoms with van der Waals surface area (Å²) >= 11 is 0. The molecule has 1 aromatic carbocycles. The predicted octanol–water partition coefficient (Wildman–Crippen LogP) is 2.12. The average Bonchev–Trinajstić information content (AvgIpc) is 2.91. The maximum atomic E-state index is 11.2. The molecule has 18 heavy (non-hydrogen) atoms. The van der Waals surface area contributed by atoms with Crippen LogP contribution < -0.4 is 5.73 Å². The second kappa shape index (κ2) is 4.00. The van der Waals surface area contributed by atoms with Gasteiger partial charge in [0, 0.05) is 34.9 Å². The number of pyridine rings is 1. The van der Waals surface area contributed by atoms with Gasteiger partial charge in [-0.1, -0.05) is 6.07 Å². The van der Waals surface area contributed by atoms with Gasteiger partial charge in [-0.15, -0.1) is 0 Å². The number of fused-ring (bicyclic) bond motifs is 1. The Hall–Kier alpha value is -2.62. The highest BCUT2D eigenvalue weighted by Gasteiger charge is 2.06. The zero-order valence-corrected chi connectivity index (χ0v) is 9.58. The number of nitrogens with zero attached hydrogens (tertiary/aromatic N) is 2. The van der Waals surface area contributed by atoms with Crippen LogP contribution in [-0.4, -0.2) is 15.5 Å². The van der Waals surface area contributed by atoms with Crippen LogP contribution in [-0.2, 0) is 0 Å². The van der Waals surface area contributed by atoms with Gasteiger partial charge in [0.25, 0.3) is 0 Å². The molecule has 0 fully saturated rings. The number of carbonyl (C=O) groups excluding carboxylic acids is 1. The van der Waals surface area contributed by atoms with Crippen LogP contribution in [0.15, 0.2) is 55.1 Å². The van der Waals surface area contributed by atoms with Crippen LogP contribution in [0.5, 0.6) is 0 Å². The second-order valence-electron chi connectivity index (χ2n) is 4.05. The van der Waals surface area contributed by atoms with E-state index in [1.807, 2.05) is 35.2 Å². The third-order valence-electron chi connectivity index (χ3n) is 2.91. The van der Waals surface area contributed by atoms with E-state index in [2.05, 4.69) is 4.98 Å². The van der Waals surface area contributed by atoms with Crippen molar-refractivity contribution in [3.63, 3.8) is 0 Å². The molecule has 2 N–H and O–H groups in total. The molecule has 3 aromatic rings. The molecule has 0 aliphatic heterocycles. The van der Waals surface area contributed by atoms with Crippen molar-refractivity contribution in [3.8, 4) is 5.69 Å². The standard InChI is InChI=1S/C14H11N3O/c15-14(18)10-3-4-11-8-16-9-13(12(11)7-10)17-5-1-2-6-17/h1-9H,(H2,15,18). The molecule has 0 saturated carbocycles. The molecular weight excluding hydrogens is 226 g/mol. The van der Waals surface area contributed by atoms with Crippen LogP contribution in [0.2, 0.25) is 0 Å². The van der Waals surface area contributed by atoms with Crippen LogP contribution in [0.1, 0.15) is 10.4 Å². The fourth-order valence-corrected chi connectivity index (χ4v) is 2.00. The smallest absolute Gasteiger partial charge is 0.248 e. The molecule has 3 rings (SSSR count). The van der Waals surface area contributed by atoms with E-state index in [0.717, 1.165) is 16.5 Å². The molecule has 4 nitrogen and oxygen atoms in total. The number of aromatic nitrogens is 2. The Balaban J connectivity index is 2.31. The molecule has 2 aromatic heterocycles. The number of benzene rings is 1. The Labute approximate surface area is 104 Å². The van der Waals surface area contributed by atoms with Crippen molar-refractivity contribution in [3.05, 3.63) is 60.7 Å². The van der Waals surface area contributed by atoms with E-state index >= 15 is 0 Å². The topological polar surface area (TPSA) is 60.9 Å². The molecule has 2 heterocycles. The summed E-state index contributed by atoms with van der Waals surface area (Å²) in [4.78, 5) is 15.4. The number of hydrogen-bond donors (Lipinski definition) is 1. The Kier molecular flexibility index (Phi) is 2.34. The van der Waals surface area contributed by atoms with Gasteiger partial charge < -0.3 is 10.3 Å². The second-order valence-corrected chi connectivity index (χ2v) is 4.05. The molecule has 0 saturated heterocycles. The molecule has 88 valence electrons. The zero-order chi connectivity index (χ0) is 12.5. The van der Waals surface area contributed by atoms with Crippen LogP contribution >= 0.6 is 0 Å². The highest BCUT2D eigenvalue weighted by Crippen LogP contribution is 2.22. The molecule has 4 heteroatoms. The minimum atomic E-state index is -0.424. The number of hydrogen-bond acceptors (Lipinski definition) is 2. The Bertz CT molecular complexity index is 717. The first-order valence-electron chi connectivity index (χ1n) is 5.56. The largest absolute Gasteiger partial charge is 0.366 e. The van der Waals surface area contributed by atoms with Crippen LogP contribution in [0.4, 0.5) is 0 Å². The summed E-state index contributed by atoms with van der Waals surface area (Å²) in [5, 5.41) is 1.93. The SMILES string of the molecule is NC(=O)c1ccc2cncc(-n3cccc3)c2c1. The van der Waals surface area contributed by atoms with Gasteiger partial charge in [0.1, 0.15) is 0 Å². The summed E-state index contributed by atoms with van der Waals surface area (Å²) in [6.45, 7) is 0. The van der Waals surface area contributed by atoms with Crippen molar-refractivity contribution in [2.75, 3.05) is 0 Å². The zero-order valence-electron chi connectivity index (χ0n) is 9.58. The predicted molar refractivity (Wildman–Crippen MR) is 69.6 cm³/mol. The van der Waals surface area contributed by atoms with Crippen molar-refractivity contribution >= 4 is 16.7 Å². The Morgan fingerprint density at radius 3 is 2.67 bits per heavy atom. The first kappa shape index (κ1) is 10.5. The quantitative estimate of drug-likeness (QED) is 0.742. The maximum Gasteiger partial charge on any atom is 0.248 e. The van der Waals surface area contributed by atoms with Gasteiger partial charge in [-0.2, -0.15) is 0 Å². The van der Waals surface area contributed by atoms with Crippen LogP contribution in [0.25, 0.3) is 16.5 Å². The van der Waals surface area contributed by atoms with E-state index in [9.17, 15) is 4.79 Å². The molecule has 0 unspecified atom stereocenters. The Morgan fingerprint density at radius 1 is 1.17 bits per heavy atom. The van der Waals surface area contributed by atoms with E-state index in [0.29, 0.717) is 5.56 Å². The monoisotopic (exact) mass is 237 g/mol. The van der Waals surface area contributed by atoms with Crippen molar-refractivity contribution < 1.29 is 4.79 Å². The molecular formula is C14H11N3O. The van der Waals surface area contributed by atoms with E-state index in [4.69, 9.17) is 5.73 Å². The average molecular weight is 237 g/mol. The van der Waals surface area contributed by atoms with Gasteiger partial charge in [0.15, 0.2) is 0 Å². The van der Waals surface area contributed by atoms with E-state index in [1.54, 1.807) is 24.5 Å². The fourth-order valence-electron chi connectivity index (χ4n) is 2.00. The lowest BCUT2D eigenvalue weighted by atomic mass is 10.1. The maximum absolute atomic E-state index is 11.2. The lowest BCUT2D eigenvalue weighted by Crippen LogP contribution is -2.10. The summed E-state index contributed by atoms with van der Waals surface area (Å²) in [5.74, 6) is -0.424. The van der Waals surface area contributed by atoms with Crippen molar-refractivity contribution in [1.82, 2.24) is 9.55 Å². The van der Waals surface area contributed by atoms with Gasteiger partial charge in [0.05, 0.1) is 11.9 Å². The first-order chi connectivity index (χ1) is 8.75. The van der Waals surface area contributed by atoms with Crippen molar-refractivity contribution in [2.24, 2.45) is 5.73 Å². The summed E-state index contributed by atoms with van der Waals surface area (Å²) in [5.41, 5.74) is 6.75. The molecule has 0 bridgehead atoms. The number of primary amides is 1. The highest BCUT2D eigenvalue weighted by molar-refractivity contribution is 5.99. The van der Waals surface area contributed by atoms with Crippen LogP contribution in [0, 0.1) is 0 Å². The molecule has 0 atom stereocenters. The molecule has 0 aliphatic rings. The number of nitrogens with two attached hydrogens (primary N) is 1. The third-order valence-corrected chi connectivity index (χ3v) is 2.91. The summed E-state index contributed by atoms with van der Waals surface area (Å²) in [6.07, 6.45) is 7.42.